The minimum absolute atomic E-state index is 0.0415. The Morgan fingerprint density at radius 1 is 1.53 bits per heavy atom. The van der Waals surface area contributed by atoms with Crippen LogP contribution < -0.4 is 5.73 Å². The summed E-state index contributed by atoms with van der Waals surface area (Å²) in [5, 5.41) is 9.79. The van der Waals surface area contributed by atoms with Crippen LogP contribution in [0, 0.1) is 5.92 Å². The van der Waals surface area contributed by atoms with Gasteiger partial charge in [-0.2, -0.15) is 11.8 Å². The molecular weight excluding hydrogens is 214 g/mol. The van der Waals surface area contributed by atoms with Crippen molar-refractivity contribution in [3.8, 4) is 0 Å². The molecule has 1 aliphatic rings. The van der Waals surface area contributed by atoms with Crippen LogP contribution in [0.2, 0.25) is 0 Å². The van der Waals surface area contributed by atoms with Gasteiger partial charge in [0, 0.05) is 5.75 Å². The summed E-state index contributed by atoms with van der Waals surface area (Å²) < 4.78 is 4.93. The molecule has 0 spiro atoms. The van der Waals surface area contributed by atoms with Gasteiger partial charge in [0.25, 0.3) is 0 Å². The van der Waals surface area contributed by atoms with Crippen molar-refractivity contribution in [2.24, 2.45) is 11.7 Å². The van der Waals surface area contributed by atoms with E-state index in [1.807, 2.05) is 6.26 Å². The molecule has 0 saturated heterocycles. The van der Waals surface area contributed by atoms with Gasteiger partial charge in [-0.05, 0) is 37.9 Å². The Kier molecular flexibility index (Phi) is 5.25. The Hall–Kier alpha value is -0.420. The molecule has 0 bridgehead atoms. The van der Waals surface area contributed by atoms with Crippen molar-refractivity contribution in [2.75, 3.05) is 12.0 Å². The molecule has 3 N–H and O–H groups in total. The molecule has 0 heterocycles. The third-order valence-corrected chi connectivity index (χ3v) is 3.56. The van der Waals surface area contributed by atoms with Crippen molar-refractivity contribution in [3.05, 3.63) is 0 Å². The summed E-state index contributed by atoms with van der Waals surface area (Å²) in [6, 6.07) is 0. The maximum absolute atomic E-state index is 10.5. The number of carbonyl (C=O) groups excluding carboxylic acids is 1. The summed E-state index contributed by atoms with van der Waals surface area (Å²) in [5.74, 6) is 1.14. The average Bonchev–Trinajstić information content (AvgIpc) is 2.18. The van der Waals surface area contributed by atoms with Gasteiger partial charge in [-0.15, -0.1) is 0 Å². The zero-order valence-electron chi connectivity index (χ0n) is 9.02. The van der Waals surface area contributed by atoms with Crippen molar-refractivity contribution in [2.45, 2.75) is 37.9 Å². The van der Waals surface area contributed by atoms with E-state index in [0.29, 0.717) is 5.92 Å². The van der Waals surface area contributed by atoms with E-state index < -0.39 is 6.09 Å². The highest BCUT2D eigenvalue weighted by atomic mass is 32.2. The summed E-state index contributed by atoms with van der Waals surface area (Å²) in [6.45, 7) is 0. The molecule has 1 unspecified atom stereocenters. The van der Waals surface area contributed by atoms with E-state index in [4.69, 9.17) is 10.5 Å². The first-order valence-corrected chi connectivity index (χ1v) is 6.66. The normalized spacial score (nSPS) is 28.4. The lowest BCUT2D eigenvalue weighted by molar-refractivity contribution is 0.0395. The Labute approximate surface area is 94.6 Å². The number of hydrogen-bond donors (Lipinski definition) is 2. The minimum Gasteiger partial charge on any atom is -0.446 e. The smallest absolute Gasteiger partial charge is 0.404 e. The van der Waals surface area contributed by atoms with Crippen LogP contribution in [0.25, 0.3) is 0 Å². The number of primary amides is 1. The van der Waals surface area contributed by atoms with Crippen LogP contribution in [0.4, 0.5) is 4.79 Å². The molecule has 1 atom stereocenters. The van der Waals surface area contributed by atoms with E-state index in [1.165, 1.54) is 0 Å². The van der Waals surface area contributed by atoms with Crippen molar-refractivity contribution < 1.29 is 14.6 Å². The second kappa shape index (κ2) is 6.23. The Morgan fingerprint density at radius 2 is 2.13 bits per heavy atom. The fourth-order valence-electron chi connectivity index (χ4n) is 2.06. The third kappa shape index (κ3) is 4.30. The fourth-order valence-corrected chi connectivity index (χ4v) is 2.68. The summed E-state index contributed by atoms with van der Waals surface area (Å²) in [4.78, 5) is 10.5. The van der Waals surface area contributed by atoms with E-state index in [-0.39, 0.29) is 12.2 Å². The number of nitrogens with two attached hydrogens (primary N) is 1. The molecule has 0 aromatic carbocycles. The maximum atomic E-state index is 10.5. The minimum atomic E-state index is -0.692. The Morgan fingerprint density at radius 3 is 2.60 bits per heavy atom. The predicted molar refractivity (Wildman–Crippen MR) is 60.8 cm³/mol. The van der Waals surface area contributed by atoms with Crippen molar-refractivity contribution >= 4 is 17.9 Å². The average molecular weight is 233 g/mol. The molecule has 1 amide bonds. The van der Waals surface area contributed by atoms with Crippen molar-refractivity contribution in [1.29, 1.82) is 0 Å². The highest BCUT2D eigenvalue weighted by Crippen LogP contribution is 2.29. The van der Waals surface area contributed by atoms with Gasteiger partial charge < -0.3 is 15.6 Å². The fraction of sp³-hybridized carbons (Fsp3) is 0.900. The van der Waals surface area contributed by atoms with Crippen LogP contribution in [0.3, 0.4) is 0 Å². The highest BCUT2D eigenvalue weighted by molar-refractivity contribution is 7.98. The van der Waals surface area contributed by atoms with Gasteiger partial charge in [-0.1, -0.05) is 0 Å². The molecule has 1 rings (SSSR count). The SMILES string of the molecule is CSCC(O)C1CCC(OC(N)=O)CC1. The second-order valence-electron chi connectivity index (χ2n) is 4.00. The lowest BCUT2D eigenvalue weighted by Gasteiger charge is -2.30. The van der Waals surface area contributed by atoms with Crippen LogP contribution in [0.5, 0.6) is 0 Å². The van der Waals surface area contributed by atoms with Gasteiger partial charge in [0.1, 0.15) is 6.10 Å². The maximum Gasteiger partial charge on any atom is 0.404 e. The molecule has 0 aromatic heterocycles. The number of amides is 1. The summed E-state index contributed by atoms with van der Waals surface area (Å²) in [6.07, 6.45) is 4.50. The van der Waals surface area contributed by atoms with Gasteiger partial charge in [-0.25, -0.2) is 4.79 Å². The lowest BCUT2D eigenvalue weighted by Crippen LogP contribution is -2.32. The van der Waals surface area contributed by atoms with E-state index in [9.17, 15) is 9.90 Å². The van der Waals surface area contributed by atoms with Crippen molar-refractivity contribution in [1.82, 2.24) is 0 Å². The number of ether oxygens (including phenoxy) is 1. The number of aliphatic hydroxyl groups is 1. The Bertz CT molecular complexity index is 205. The quantitative estimate of drug-likeness (QED) is 0.769. The zero-order chi connectivity index (χ0) is 11.3. The first kappa shape index (κ1) is 12.6. The number of thioether (sulfide) groups is 1. The third-order valence-electron chi connectivity index (χ3n) is 2.88. The van der Waals surface area contributed by atoms with Gasteiger partial charge in [0.05, 0.1) is 6.10 Å². The number of carbonyl (C=O) groups is 1. The molecule has 88 valence electrons. The van der Waals surface area contributed by atoms with Crippen LogP contribution in [-0.2, 0) is 4.74 Å². The Balaban J connectivity index is 2.26. The summed E-state index contributed by atoms with van der Waals surface area (Å²) >= 11 is 1.66. The zero-order valence-corrected chi connectivity index (χ0v) is 9.83. The van der Waals surface area contributed by atoms with Crippen LogP contribution >= 0.6 is 11.8 Å². The molecule has 1 fully saturated rings. The largest absolute Gasteiger partial charge is 0.446 e. The molecule has 0 aromatic rings. The van der Waals surface area contributed by atoms with E-state index in [2.05, 4.69) is 0 Å². The second-order valence-corrected chi connectivity index (χ2v) is 4.91. The van der Waals surface area contributed by atoms with Gasteiger partial charge in [0.2, 0.25) is 0 Å². The summed E-state index contributed by atoms with van der Waals surface area (Å²) in [5.41, 5.74) is 4.95. The monoisotopic (exact) mass is 233 g/mol. The van der Waals surface area contributed by atoms with Crippen LogP contribution in [0.15, 0.2) is 0 Å². The molecule has 4 nitrogen and oxygen atoms in total. The number of aliphatic hydroxyl groups excluding tert-OH is 1. The highest BCUT2D eigenvalue weighted by Gasteiger charge is 2.27. The lowest BCUT2D eigenvalue weighted by atomic mass is 9.84. The van der Waals surface area contributed by atoms with E-state index in [1.54, 1.807) is 11.8 Å². The first-order valence-electron chi connectivity index (χ1n) is 5.26. The molecular formula is C10H19NO3S. The molecule has 1 saturated carbocycles. The topological polar surface area (TPSA) is 72.6 Å². The molecule has 1 aliphatic carbocycles. The number of hydrogen-bond acceptors (Lipinski definition) is 4. The molecule has 0 aliphatic heterocycles. The molecule has 5 heteroatoms. The standard InChI is InChI=1S/C10H19NO3S/c1-15-6-9(12)7-2-4-8(5-3-7)14-10(11)13/h7-9,12H,2-6H2,1H3,(H2,11,13). The summed E-state index contributed by atoms with van der Waals surface area (Å²) in [7, 11) is 0. The molecule has 15 heavy (non-hydrogen) atoms. The molecule has 0 radical (unpaired) electrons. The van der Waals surface area contributed by atoms with E-state index >= 15 is 0 Å². The van der Waals surface area contributed by atoms with Crippen LogP contribution in [0.1, 0.15) is 25.7 Å². The van der Waals surface area contributed by atoms with Crippen LogP contribution in [-0.4, -0.2) is 35.4 Å². The predicted octanol–water partition coefficient (Wildman–Crippen LogP) is 1.36. The van der Waals surface area contributed by atoms with Crippen molar-refractivity contribution in [3.63, 3.8) is 0 Å². The van der Waals surface area contributed by atoms with Gasteiger partial charge >= 0.3 is 6.09 Å². The van der Waals surface area contributed by atoms with E-state index in [0.717, 1.165) is 31.4 Å². The number of rotatable bonds is 4. The van der Waals surface area contributed by atoms with Gasteiger partial charge in [0.15, 0.2) is 0 Å². The first-order chi connectivity index (χ1) is 7.13. The van der Waals surface area contributed by atoms with Gasteiger partial charge in [-0.3, -0.25) is 0 Å².